The predicted molar refractivity (Wildman–Crippen MR) is 77.0 cm³/mol. The van der Waals surface area contributed by atoms with Crippen molar-refractivity contribution in [1.29, 1.82) is 0 Å². The van der Waals surface area contributed by atoms with Crippen molar-refractivity contribution in [3.63, 3.8) is 0 Å². The van der Waals surface area contributed by atoms with Crippen molar-refractivity contribution in [2.45, 2.75) is 13.5 Å². The van der Waals surface area contributed by atoms with Gasteiger partial charge in [-0.2, -0.15) is 5.10 Å². The van der Waals surface area contributed by atoms with Crippen LogP contribution in [-0.2, 0) is 6.54 Å². The van der Waals surface area contributed by atoms with Crippen LogP contribution in [0.4, 0.5) is 0 Å². The molecule has 0 unspecified atom stereocenters. The lowest BCUT2D eigenvalue weighted by atomic mass is 10.2. The Hall–Kier alpha value is -2.07. The summed E-state index contributed by atoms with van der Waals surface area (Å²) in [4.78, 5) is 0. The van der Waals surface area contributed by atoms with E-state index in [1.54, 1.807) is 10.9 Å². The van der Waals surface area contributed by atoms with Crippen LogP contribution >= 0.6 is 0 Å². The molecule has 2 rings (SSSR count). The lowest BCUT2D eigenvalue weighted by Crippen LogP contribution is -2.20. The van der Waals surface area contributed by atoms with Crippen molar-refractivity contribution in [3.05, 3.63) is 54.4 Å². The maximum absolute atomic E-state index is 5.65. The van der Waals surface area contributed by atoms with E-state index in [-0.39, 0.29) is 0 Å². The van der Waals surface area contributed by atoms with E-state index in [2.05, 4.69) is 30.0 Å². The van der Waals surface area contributed by atoms with Gasteiger partial charge in [-0.25, -0.2) is 4.68 Å². The quantitative estimate of drug-likeness (QED) is 0.774. The van der Waals surface area contributed by atoms with E-state index in [0.29, 0.717) is 6.61 Å². The van der Waals surface area contributed by atoms with Crippen LogP contribution < -0.4 is 10.1 Å². The minimum absolute atomic E-state index is 0.652. The highest BCUT2D eigenvalue weighted by Gasteiger charge is 1.97. The number of aryl methyl sites for hydroxylation is 1. The Bertz CT molecular complexity index is 534. The average Bonchev–Trinajstić information content (AvgIpc) is 2.86. The molecule has 0 fully saturated rings. The van der Waals surface area contributed by atoms with Crippen LogP contribution in [0.3, 0.4) is 0 Å². The zero-order valence-electron chi connectivity index (χ0n) is 11.2. The van der Waals surface area contributed by atoms with Gasteiger partial charge in [0.25, 0.3) is 0 Å². The molecule has 1 heterocycles. The molecule has 0 amide bonds. The molecular weight excluding hydrogens is 238 g/mol. The Morgan fingerprint density at radius 3 is 3.11 bits per heavy atom. The Labute approximate surface area is 113 Å². The zero-order valence-corrected chi connectivity index (χ0v) is 11.2. The molecular formula is C15H19N3O. The van der Waals surface area contributed by atoms with Gasteiger partial charge in [0.1, 0.15) is 12.4 Å². The molecule has 0 atom stereocenters. The second-order valence-electron chi connectivity index (χ2n) is 4.35. The van der Waals surface area contributed by atoms with Gasteiger partial charge in [0.2, 0.25) is 0 Å². The van der Waals surface area contributed by atoms with Crippen molar-refractivity contribution < 1.29 is 4.74 Å². The smallest absolute Gasteiger partial charge is 0.119 e. The number of nitrogens with zero attached hydrogens (tertiary/aromatic N) is 2. The average molecular weight is 257 g/mol. The van der Waals surface area contributed by atoms with Gasteiger partial charge in [-0.15, -0.1) is 0 Å². The Morgan fingerprint density at radius 2 is 2.37 bits per heavy atom. The molecule has 19 heavy (non-hydrogen) atoms. The maximum atomic E-state index is 5.65. The van der Waals surface area contributed by atoms with Crippen molar-refractivity contribution >= 4 is 6.20 Å². The number of hydrogen-bond donors (Lipinski definition) is 1. The fourth-order valence-electron chi connectivity index (χ4n) is 1.75. The first kappa shape index (κ1) is 13.4. The summed E-state index contributed by atoms with van der Waals surface area (Å²) in [7, 11) is 0. The third-order valence-corrected chi connectivity index (χ3v) is 2.71. The number of benzene rings is 1. The summed E-state index contributed by atoms with van der Waals surface area (Å²) in [6, 6.07) is 8.07. The van der Waals surface area contributed by atoms with Crippen molar-refractivity contribution in [1.82, 2.24) is 15.1 Å². The van der Waals surface area contributed by atoms with E-state index in [1.807, 2.05) is 30.6 Å². The normalized spacial score (nSPS) is 10.4. The summed E-state index contributed by atoms with van der Waals surface area (Å²) in [5.41, 5.74) is 2.35. The molecule has 0 aliphatic carbocycles. The molecule has 0 aliphatic rings. The number of aromatic nitrogens is 2. The van der Waals surface area contributed by atoms with Crippen LogP contribution in [0, 0.1) is 6.92 Å². The molecule has 0 saturated carbocycles. The van der Waals surface area contributed by atoms with Gasteiger partial charge < -0.3 is 10.1 Å². The fourth-order valence-corrected chi connectivity index (χ4v) is 1.75. The molecule has 4 nitrogen and oxygen atoms in total. The van der Waals surface area contributed by atoms with E-state index in [0.717, 1.165) is 24.4 Å². The minimum atomic E-state index is 0.652. The van der Waals surface area contributed by atoms with Gasteiger partial charge in [-0.05, 0) is 24.6 Å². The first-order valence-corrected chi connectivity index (χ1v) is 6.34. The summed E-state index contributed by atoms with van der Waals surface area (Å²) in [5.74, 6) is 0.918. The Balaban J connectivity index is 1.65. The van der Waals surface area contributed by atoms with Crippen molar-refractivity contribution in [2.75, 3.05) is 13.2 Å². The number of hydrogen-bond acceptors (Lipinski definition) is 3. The SMILES string of the molecule is C=Cn1cc(CNCCOc2cccc(C)c2)cn1. The summed E-state index contributed by atoms with van der Waals surface area (Å²) in [6.07, 6.45) is 5.45. The standard InChI is InChI=1S/C15H19N3O/c1-3-18-12-14(11-17-18)10-16-7-8-19-15-6-4-5-13(2)9-15/h3-6,9,11-12,16H,1,7-8,10H2,2H3. The Morgan fingerprint density at radius 1 is 1.47 bits per heavy atom. The third kappa shape index (κ3) is 4.26. The fraction of sp³-hybridized carbons (Fsp3) is 0.267. The second kappa shape index (κ2) is 6.75. The molecule has 0 saturated heterocycles. The zero-order chi connectivity index (χ0) is 13.5. The van der Waals surface area contributed by atoms with Gasteiger partial charge in [0.05, 0.1) is 6.20 Å². The first-order valence-electron chi connectivity index (χ1n) is 6.34. The predicted octanol–water partition coefficient (Wildman–Crippen LogP) is 2.46. The van der Waals surface area contributed by atoms with Crippen molar-refractivity contribution in [2.24, 2.45) is 0 Å². The van der Waals surface area contributed by atoms with Gasteiger partial charge in [-0.3, -0.25) is 0 Å². The van der Waals surface area contributed by atoms with Crippen LogP contribution in [0.5, 0.6) is 5.75 Å². The van der Waals surface area contributed by atoms with E-state index >= 15 is 0 Å². The van der Waals surface area contributed by atoms with Crippen LogP contribution in [0.25, 0.3) is 6.20 Å². The van der Waals surface area contributed by atoms with E-state index < -0.39 is 0 Å². The molecule has 2 aromatic rings. The van der Waals surface area contributed by atoms with E-state index in [4.69, 9.17) is 4.74 Å². The van der Waals surface area contributed by atoms with Gasteiger partial charge >= 0.3 is 0 Å². The van der Waals surface area contributed by atoms with Crippen LogP contribution in [0.1, 0.15) is 11.1 Å². The maximum Gasteiger partial charge on any atom is 0.119 e. The second-order valence-corrected chi connectivity index (χ2v) is 4.35. The highest BCUT2D eigenvalue weighted by Crippen LogP contribution is 2.11. The van der Waals surface area contributed by atoms with Gasteiger partial charge in [-0.1, -0.05) is 18.7 Å². The molecule has 4 heteroatoms. The summed E-state index contributed by atoms with van der Waals surface area (Å²) in [5, 5.41) is 7.43. The van der Waals surface area contributed by atoms with Gasteiger partial charge in [0, 0.05) is 31.0 Å². The molecule has 0 aliphatic heterocycles. The van der Waals surface area contributed by atoms with E-state index in [9.17, 15) is 0 Å². The summed E-state index contributed by atoms with van der Waals surface area (Å²) >= 11 is 0. The monoisotopic (exact) mass is 257 g/mol. The van der Waals surface area contributed by atoms with Crippen LogP contribution in [0.15, 0.2) is 43.2 Å². The van der Waals surface area contributed by atoms with E-state index in [1.165, 1.54) is 5.56 Å². The number of rotatable bonds is 7. The summed E-state index contributed by atoms with van der Waals surface area (Å²) in [6.45, 7) is 7.95. The molecule has 0 spiro atoms. The Kier molecular flexibility index (Phi) is 4.75. The molecule has 1 N–H and O–H groups in total. The third-order valence-electron chi connectivity index (χ3n) is 2.71. The number of ether oxygens (including phenoxy) is 1. The highest BCUT2D eigenvalue weighted by atomic mass is 16.5. The van der Waals surface area contributed by atoms with Crippen LogP contribution in [-0.4, -0.2) is 22.9 Å². The molecule has 100 valence electrons. The largest absolute Gasteiger partial charge is 0.492 e. The first-order chi connectivity index (χ1) is 9.28. The minimum Gasteiger partial charge on any atom is -0.492 e. The topological polar surface area (TPSA) is 39.1 Å². The van der Waals surface area contributed by atoms with Gasteiger partial charge in [0.15, 0.2) is 0 Å². The number of nitrogens with one attached hydrogen (secondary N) is 1. The van der Waals surface area contributed by atoms with Crippen LogP contribution in [0.2, 0.25) is 0 Å². The van der Waals surface area contributed by atoms with Crippen molar-refractivity contribution in [3.8, 4) is 5.75 Å². The summed E-state index contributed by atoms with van der Waals surface area (Å²) < 4.78 is 7.35. The highest BCUT2D eigenvalue weighted by molar-refractivity contribution is 5.27. The lowest BCUT2D eigenvalue weighted by molar-refractivity contribution is 0.313. The molecule has 0 radical (unpaired) electrons. The lowest BCUT2D eigenvalue weighted by Gasteiger charge is -2.07. The molecule has 1 aromatic carbocycles. The molecule has 1 aromatic heterocycles. The molecule has 0 bridgehead atoms.